The van der Waals surface area contributed by atoms with Crippen molar-refractivity contribution in [3.8, 4) is 5.75 Å². The van der Waals surface area contributed by atoms with E-state index in [9.17, 15) is 0 Å². The lowest BCUT2D eigenvalue weighted by Crippen LogP contribution is -2.23. The van der Waals surface area contributed by atoms with E-state index in [1.165, 1.54) is 22.3 Å². The monoisotopic (exact) mass is 373 g/mol. The third-order valence-electron chi connectivity index (χ3n) is 4.33. The van der Waals surface area contributed by atoms with Crippen molar-refractivity contribution in [1.29, 1.82) is 0 Å². The fourth-order valence-electron chi connectivity index (χ4n) is 2.97. The molecule has 1 aliphatic rings. The smallest absolute Gasteiger partial charge is 0.118 e. The fraction of sp³-hybridized carbons (Fsp3) is 0.300. The van der Waals surface area contributed by atoms with E-state index in [2.05, 4.69) is 54.4 Å². The van der Waals surface area contributed by atoms with Crippen LogP contribution in [0.5, 0.6) is 5.75 Å². The third-order valence-corrected chi connectivity index (χ3v) is 4.33. The summed E-state index contributed by atoms with van der Waals surface area (Å²) in [4.78, 5) is 2.36. The Hall–Kier alpha value is -1.58. The molecule has 2 aromatic carbocycles. The van der Waals surface area contributed by atoms with Gasteiger partial charge in [-0.05, 0) is 54.3 Å². The number of rotatable bonds is 4. The van der Waals surface area contributed by atoms with Crippen molar-refractivity contribution in [1.82, 2.24) is 4.90 Å². The van der Waals surface area contributed by atoms with Crippen LogP contribution in [0.25, 0.3) is 5.57 Å². The van der Waals surface area contributed by atoms with Gasteiger partial charge in [0.05, 0.1) is 7.11 Å². The van der Waals surface area contributed by atoms with E-state index < -0.39 is 0 Å². The number of likely N-dealkylation sites (N-methyl/N-ethyl adjacent to an activating group) is 1. The minimum absolute atomic E-state index is 0. The number of hydrogen-bond donors (Lipinski definition) is 0. The van der Waals surface area contributed by atoms with Crippen molar-refractivity contribution in [2.45, 2.75) is 12.8 Å². The normalized spacial score (nSPS) is 14.8. The van der Waals surface area contributed by atoms with Crippen LogP contribution in [0.15, 0.2) is 54.6 Å². The average molecular weight is 374 g/mol. The Labute approximate surface area is 149 Å². The maximum Gasteiger partial charge on any atom is 0.118 e. The molecular formula is C20H24BrNO. The first kappa shape index (κ1) is 17.8. The molecule has 3 heteroatoms. The molecule has 2 nitrogen and oxygen atoms in total. The van der Waals surface area contributed by atoms with E-state index >= 15 is 0 Å². The van der Waals surface area contributed by atoms with Crippen LogP contribution in [0.4, 0.5) is 0 Å². The fourth-order valence-corrected chi connectivity index (χ4v) is 2.97. The summed E-state index contributed by atoms with van der Waals surface area (Å²) in [6.45, 7) is 2.19. The van der Waals surface area contributed by atoms with Crippen LogP contribution in [0.3, 0.4) is 0 Å². The second-order valence-corrected chi connectivity index (χ2v) is 5.92. The van der Waals surface area contributed by atoms with Crippen LogP contribution in [0, 0.1) is 0 Å². The molecule has 1 aliphatic heterocycles. The molecule has 3 rings (SSSR count). The molecule has 0 saturated heterocycles. The third kappa shape index (κ3) is 4.46. The summed E-state index contributed by atoms with van der Waals surface area (Å²) in [6.07, 6.45) is 4.47. The molecule has 0 amide bonds. The Bertz CT molecular complexity index is 664. The summed E-state index contributed by atoms with van der Waals surface area (Å²) in [5, 5.41) is 0. The maximum atomic E-state index is 5.23. The second kappa shape index (κ2) is 8.32. The van der Waals surface area contributed by atoms with Crippen LogP contribution in [0.1, 0.15) is 23.1 Å². The predicted octanol–water partition coefficient (Wildman–Crippen LogP) is 4.58. The number of benzene rings is 2. The number of hydrogen-bond acceptors (Lipinski definition) is 2. The van der Waals surface area contributed by atoms with Gasteiger partial charge in [-0.2, -0.15) is 0 Å². The lowest BCUT2D eigenvalue weighted by atomic mass is 9.92. The SMILES string of the molecule is Br.COc1ccc(Cc2ccccc2C2=CCN(C)CC2)cc1. The summed E-state index contributed by atoms with van der Waals surface area (Å²) in [5.74, 6) is 0.912. The van der Waals surface area contributed by atoms with Gasteiger partial charge in [0, 0.05) is 13.1 Å². The molecule has 0 radical (unpaired) electrons. The van der Waals surface area contributed by atoms with Gasteiger partial charge in [0.1, 0.15) is 5.75 Å². The highest BCUT2D eigenvalue weighted by molar-refractivity contribution is 8.93. The summed E-state index contributed by atoms with van der Waals surface area (Å²) < 4.78 is 5.23. The van der Waals surface area contributed by atoms with Gasteiger partial charge in [-0.3, -0.25) is 0 Å². The zero-order valence-corrected chi connectivity index (χ0v) is 15.5. The zero-order valence-electron chi connectivity index (χ0n) is 13.8. The molecule has 23 heavy (non-hydrogen) atoms. The molecule has 0 aliphatic carbocycles. The topological polar surface area (TPSA) is 12.5 Å². The van der Waals surface area contributed by atoms with E-state index in [1.54, 1.807) is 7.11 Å². The van der Waals surface area contributed by atoms with Crippen LogP contribution in [-0.2, 0) is 6.42 Å². The first-order chi connectivity index (χ1) is 10.8. The lowest BCUT2D eigenvalue weighted by molar-refractivity contribution is 0.370. The Kier molecular flexibility index (Phi) is 6.43. The Morgan fingerprint density at radius 1 is 1.04 bits per heavy atom. The molecule has 0 N–H and O–H groups in total. The number of nitrogens with zero attached hydrogens (tertiary/aromatic N) is 1. The van der Waals surface area contributed by atoms with Gasteiger partial charge >= 0.3 is 0 Å². The van der Waals surface area contributed by atoms with Crippen LogP contribution < -0.4 is 4.74 Å². The molecule has 0 saturated carbocycles. The summed E-state index contributed by atoms with van der Waals surface area (Å²) in [7, 11) is 3.88. The van der Waals surface area contributed by atoms with Crippen LogP contribution in [-0.4, -0.2) is 32.1 Å². The van der Waals surface area contributed by atoms with Gasteiger partial charge in [-0.25, -0.2) is 0 Å². The molecule has 0 fully saturated rings. The van der Waals surface area contributed by atoms with Gasteiger partial charge < -0.3 is 9.64 Å². The molecule has 1 heterocycles. The van der Waals surface area contributed by atoms with Gasteiger partial charge in [0.2, 0.25) is 0 Å². The molecule has 122 valence electrons. The molecule has 2 aromatic rings. The van der Waals surface area contributed by atoms with E-state index in [0.29, 0.717) is 0 Å². The zero-order chi connectivity index (χ0) is 15.4. The molecular weight excluding hydrogens is 350 g/mol. The van der Waals surface area contributed by atoms with Crippen LogP contribution >= 0.6 is 17.0 Å². The van der Waals surface area contributed by atoms with E-state index in [4.69, 9.17) is 4.74 Å². The number of methoxy groups -OCH3 is 1. The number of ether oxygens (including phenoxy) is 1. The van der Waals surface area contributed by atoms with Gasteiger partial charge in [-0.15, -0.1) is 17.0 Å². The number of halogens is 1. The maximum absolute atomic E-state index is 5.23. The van der Waals surface area contributed by atoms with Gasteiger partial charge in [-0.1, -0.05) is 42.5 Å². The summed E-state index contributed by atoms with van der Waals surface area (Å²) >= 11 is 0. The van der Waals surface area contributed by atoms with Crippen molar-refractivity contribution in [3.63, 3.8) is 0 Å². The highest BCUT2D eigenvalue weighted by Gasteiger charge is 2.12. The quantitative estimate of drug-likeness (QED) is 0.777. The van der Waals surface area contributed by atoms with Gasteiger partial charge in [0.25, 0.3) is 0 Å². The van der Waals surface area contributed by atoms with E-state index in [1.807, 2.05) is 12.1 Å². The van der Waals surface area contributed by atoms with Crippen molar-refractivity contribution in [2.75, 3.05) is 27.2 Å². The first-order valence-corrected chi connectivity index (χ1v) is 7.85. The second-order valence-electron chi connectivity index (χ2n) is 5.92. The first-order valence-electron chi connectivity index (χ1n) is 7.85. The Balaban J connectivity index is 0.00000192. The van der Waals surface area contributed by atoms with Crippen LogP contribution in [0.2, 0.25) is 0 Å². The minimum atomic E-state index is 0. The summed E-state index contributed by atoms with van der Waals surface area (Å²) in [6, 6.07) is 17.2. The molecule has 0 aromatic heterocycles. The highest BCUT2D eigenvalue weighted by atomic mass is 79.9. The lowest BCUT2D eigenvalue weighted by Gasteiger charge is -2.23. The van der Waals surface area contributed by atoms with Gasteiger partial charge in [0.15, 0.2) is 0 Å². The van der Waals surface area contributed by atoms with Crippen molar-refractivity contribution in [3.05, 3.63) is 71.3 Å². The predicted molar refractivity (Wildman–Crippen MR) is 103 cm³/mol. The van der Waals surface area contributed by atoms with E-state index in [0.717, 1.165) is 31.7 Å². The minimum Gasteiger partial charge on any atom is -0.497 e. The molecule has 0 bridgehead atoms. The molecule has 0 spiro atoms. The summed E-state index contributed by atoms with van der Waals surface area (Å²) in [5.41, 5.74) is 5.62. The Morgan fingerprint density at radius 2 is 1.78 bits per heavy atom. The molecule has 0 atom stereocenters. The van der Waals surface area contributed by atoms with Crippen molar-refractivity contribution < 1.29 is 4.74 Å². The Morgan fingerprint density at radius 3 is 2.43 bits per heavy atom. The molecule has 0 unspecified atom stereocenters. The highest BCUT2D eigenvalue weighted by Crippen LogP contribution is 2.27. The average Bonchev–Trinajstić information content (AvgIpc) is 2.57. The standard InChI is InChI=1S/C20H23NO.BrH/c1-21-13-11-17(12-14-21)20-6-4-3-5-18(20)15-16-7-9-19(22-2)10-8-16;/h3-11H,12-15H2,1-2H3;1H. The van der Waals surface area contributed by atoms with Crippen molar-refractivity contribution in [2.24, 2.45) is 0 Å². The van der Waals surface area contributed by atoms with E-state index in [-0.39, 0.29) is 17.0 Å². The van der Waals surface area contributed by atoms with Crippen molar-refractivity contribution >= 4 is 22.6 Å². The largest absolute Gasteiger partial charge is 0.497 e.